The first-order valence-electron chi connectivity index (χ1n) is 4.75. The van der Waals surface area contributed by atoms with E-state index in [1.807, 2.05) is 18.2 Å². The second-order valence-electron chi connectivity index (χ2n) is 3.68. The fraction of sp³-hybridized carbons (Fsp3) is 0.364. The summed E-state index contributed by atoms with van der Waals surface area (Å²) in [7, 11) is 4.12. The van der Waals surface area contributed by atoms with Crippen molar-refractivity contribution in [3.05, 3.63) is 30.0 Å². The Kier molecular flexibility index (Phi) is 4.12. The van der Waals surface area contributed by atoms with E-state index in [1.54, 1.807) is 0 Å². The van der Waals surface area contributed by atoms with Crippen molar-refractivity contribution in [1.29, 1.82) is 0 Å². The van der Waals surface area contributed by atoms with Gasteiger partial charge in [0.1, 0.15) is 0 Å². The van der Waals surface area contributed by atoms with Gasteiger partial charge in [0.05, 0.1) is 5.69 Å². The molecule has 2 rings (SSSR count). The molecule has 0 N–H and O–H groups in total. The van der Waals surface area contributed by atoms with E-state index >= 15 is 0 Å². The molecule has 0 atom stereocenters. The third-order valence-corrected chi connectivity index (χ3v) is 2.25. The molecule has 1 heterocycles. The smallest absolute Gasteiger partial charge is 0.167 e. The number of hydrogen-bond donors (Lipinski definition) is 0. The predicted molar refractivity (Wildman–Crippen MR) is 63.5 cm³/mol. The number of aromatic nitrogens is 1. The monoisotopic (exact) mass is 226 g/mol. The molecule has 0 aliphatic carbocycles. The lowest BCUT2D eigenvalue weighted by Gasteiger charge is -2.06. The highest BCUT2D eigenvalue weighted by Crippen LogP contribution is 2.17. The Morgan fingerprint density at radius 1 is 1.27 bits per heavy atom. The Morgan fingerprint density at radius 2 is 2.00 bits per heavy atom. The van der Waals surface area contributed by atoms with Gasteiger partial charge in [0.25, 0.3) is 0 Å². The minimum absolute atomic E-state index is 0. The largest absolute Gasteiger partial charge is 0.356 e. The Balaban J connectivity index is 0.00000112. The van der Waals surface area contributed by atoms with E-state index in [0.717, 1.165) is 29.6 Å². The molecule has 82 valence electrons. The number of benzene rings is 1. The highest BCUT2D eigenvalue weighted by Gasteiger charge is 2.06. The van der Waals surface area contributed by atoms with Crippen molar-refractivity contribution in [3.63, 3.8) is 0 Å². The van der Waals surface area contributed by atoms with Gasteiger partial charge in [0.2, 0.25) is 0 Å². The van der Waals surface area contributed by atoms with Crippen LogP contribution in [0.5, 0.6) is 0 Å². The lowest BCUT2D eigenvalue weighted by Crippen LogP contribution is -2.15. The van der Waals surface area contributed by atoms with Crippen LogP contribution >= 0.6 is 12.4 Å². The molecule has 0 aliphatic rings. The van der Waals surface area contributed by atoms with Gasteiger partial charge in [0.15, 0.2) is 5.58 Å². The number of nitrogens with zero attached hydrogens (tertiary/aromatic N) is 2. The highest BCUT2D eigenvalue weighted by atomic mass is 35.5. The summed E-state index contributed by atoms with van der Waals surface area (Å²) in [4.78, 5) is 2.14. The topological polar surface area (TPSA) is 29.3 Å². The third-order valence-electron chi connectivity index (χ3n) is 2.25. The van der Waals surface area contributed by atoms with Gasteiger partial charge in [-0.3, -0.25) is 0 Å². The van der Waals surface area contributed by atoms with Crippen molar-refractivity contribution >= 4 is 23.4 Å². The number of likely N-dealkylation sites (N-methyl/N-ethyl adjacent to an activating group) is 1. The summed E-state index contributed by atoms with van der Waals surface area (Å²) in [6.45, 7) is 0.997. The van der Waals surface area contributed by atoms with Crippen LogP contribution in [0.1, 0.15) is 5.69 Å². The SMILES string of the molecule is CN(C)CCc1noc2ccccc12.Cl. The maximum Gasteiger partial charge on any atom is 0.167 e. The number of para-hydroxylation sites is 1. The zero-order chi connectivity index (χ0) is 9.97. The van der Waals surface area contributed by atoms with E-state index < -0.39 is 0 Å². The molecule has 0 fully saturated rings. The zero-order valence-electron chi connectivity index (χ0n) is 8.93. The molecule has 0 unspecified atom stereocenters. The van der Waals surface area contributed by atoms with Crippen LogP contribution in [0.3, 0.4) is 0 Å². The van der Waals surface area contributed by atoms with Crippen molar-refractivity contribution in [1.82, 2.24) is 10.1 Å². The van der Waals surface area contributed by atoms with Crippen LogP contribution in [-0.2, 0) is 6.42 Å². The van der Waals surface area contributed by atoms with Crippen LogP contribution in [0.4, 0.5) is 0 Å². The molecule has 0 bridgehead atoms. The van der Waals surface area contributed by atoms with Crippen molar-refractivity contribution in [2.45, 2.75) is 6.42 Å². The lowest BCUT2D eigenvalue weighted by molar-refractivity contribution is 0.398. The van der Waals surface area contributed by atoms with Crippen LogP contribution in [0.2, 0.25) is 0 Å². The van der Waals surface area contributed by atoms with Crippen molar-refractivity contribution in [2.75, 3.05) is 20.6 Å². The van der Waals surface area contributed by atoms with E-state index in [1.165, 1.54) is 0 Å². The van der Waals surface area contributed by atoms with Gasteiger partial charge in [-0.15, -0.1) is 12.4 Å². The maximum atomic E-state index is 5.21. The molecule has 1 aromatic heterocycles. The molecule has 0 radical (unpaired) electrons. The number of fused-ring (bicyclic) bond motifs is 1. The van der Waals surface area contributed by atoms with Crippen LogP contribution in [0.25, 0.3) is 11.0 Å². The van der Waals surface area contributed by atoms with Gasteiger partial charge < -0.3 is 9.42 Å². The molecule has 0 saturated heterocycles. The first-order chi connectivity index (χ1) is 6.77. The highest BCUT2D eigenvalue weighted by molar-refractivity contribution is 5.85. The van der Waals surface area contributed by atoms with E-state index in [4.69, 9.17) is 4.52 Å². The molecule has 4 heteroatoms. The lowest BCUT2D eigenvalue weighted by atomic mass is 10.2. The van der Waals surface area contributed by atoms with Crippen molar-refractivity contribution in [2.24, 2.45) is 0 Å². The van der Waals surface area contributed by atoms with E-state index in [2.05, 4.69) is 30.2 Å². The Morgan fingerprint density at radius 3 is 2.73 bits per heavy atom. The van der Waals surface area contributed by atoms with E-state index in [9.17, 15) is 0 Å². The van der Waals surface area contributed by atoms with Crippen LogP contribution in [-0.4, -0.2) is 30.7 Å². The van der Waals surface area contributed by atoms with E-state index in [-0.39, 0.29) is 12.4 Å². The Bertz CT molecular complexity index is 425. The van der Waals surface area contributed by atoms with Crippen LogP contribution < -0.4 is 0 Å². The number of rotatable bonds is 3. The van der Waals surface area contributed by atoms with Gasteiger partial charge in [-0.2, -0.15) is 0 Å². The minimum Gasteiger partial charge on any atom is -0.356 e. The van der Waals surface area contributed by atoms with Crippen molar-refractivity contribution in [3.8, 4) is 0 Å². The molecule has 1 aromatic carbocycles. The summed E-state index contributed by atoms with van der Waals surface area (Å²) >= 11 is 0. The minimum atomic E-state index is 0. The van der Waals surface area contributed by atoms with E-state index in [0.29, 0.717) is 0 Å². The molecule has 0 saturated carbocycles. The summed E-state index contributed by atoms with van der Waals surface area (Å²) < 4.78 is 5.21. The first kappa shape index (κ1) is 12.0. The fourth-order valence-electron chi connectivity index (χ4n) is 1.45. The predicted octanol–water partition coefficient (Wildman–Crippen LogP) is 2.35. The number of halogens is 1. The molecule has 15 heavy (non-hydrogen) atoms. The summed E-state index contributed by atoms with van der Waals surface area (Å²) in [5.41, 5.74) is 1.93. The molecular formula is C11H15ClN2O. The van der Waals surface area contributed by atoms with Gasteiger partial charge in [-0.05, 0) is 26.2 Å². The van der Waals surface area contributed by atoms with Gasteiger partial charge in [-0.25, -0.2) is 0 Å². The zero-order valence-corrected chi connectivity index (χ0v) is 9.75. The molecule has 0 amide bonds. The second kappa shape index (κ2) is 5.14. The average molecular weight is 227 g/mol. The maximum absolute atomic E-state index is 5.21. The standard InChI is InChI=1S/C11H14N2O.ClH/c1-13(2)8-7-10-9-5-3-4-6-11(9)14-12-10;/h3-6H,7-8H2,1-2H3;1H. The van der Waals surface area contributed by atoms with Crippen LogP contribution in [0.15, 0.2) is 28.8 Å². The van der Waals surface area contributed by atoms with Crippen molar-refractivity contribution < 1.29 is 4.52 Å². The van der Waals surface area contributed by atoms with Gasteiger partial charge >= 0.3 is 0 Å². The molecule has 0 aliphatic heterocycles. The summed E-state index contributed by atoms with van der Waals surface area (Å²) in [5, 5.41) is 5.20. The molecular weight excluding hydrogens is 212 g/mol. The average Bonchev–Trinajstić information content (AvgIpc) is 2.58. The molecule has 2 aromatic rings. The second-order valence-corrected chi connectivity index (χ2v) is 3.68. The molecule has 0 spiro atoms. The number of hydrogen-bond acceptors (Lipinski definition) is 3. The summed E-state index contributed by atoms with van der Waals surface area (Å²) in [6, 6.07) is 7.97. The third kappa shape index (κ3) is 2.70. The quantitative estimate of drug-likeness (QED) is 0.805. The first-order valence-corrected chi connectivity index (χ1v) is 4.75. The fourth-order valence-corrected chi connectivity index (χ4v) is 1.45. The summed E-state index contributed by atoms with van der Waals surface area (Å²) in [6.07, 6.45) is 0.935. The van der Waals surface area contributed by atoms with Gasteiger partial charge in [-0.1, -0.05) is 17.3 Å². The summed E-state index contributed by atoms with van der Waals surface area (Å²) in [5.74, 6) is 0. The molecule has 3 nitrogen and oxygen atoms in total. The Labute approximate surface area is 95.5 Å². The Hall–Kier alpha value is -1.06. The normalized spacial score (nSPS) is 10.6. The van der Waals surface area contributed by atoms with Crippen LogP contribution in [0, 0.1) is 0 Å². The van der Waals surface area contributed by atoms with Gasteiger partial charge in [0, 0.05) is 18.4 Å².